The van der Waals surface area contributed by atoms with Crippen molar-refractivity contribution in [3.63, 3.8) is 0 Å². The largest absolute Gasteiger partial charge is 0.478 e. The second-order valence-electron chi connectivity index (χ2n) is 8.80. The third-order valence-corrected chi connectivity index (χ3v) is 6.69. The Morgan fingerprint density at radius 3 is 2.56 bits per heavy atom. The molecule has 0 radical (unpaired) electrons. The van der Waals surface area contributed by atoms with E-state index in [0.29, 0.717) is 46.9 Å². The molecule has 174 valence electrons. The molecule has 2 aliphatic heterocycles. The van der Waals surface area contributed by atoms with Crippen LogP contribution in [0.25, 0.3) is 6.08 Å². The lowest BCUT2D eigenvalue weighted by Crippen LogP contribution is -2.32. The summed E-state index contributed by atoms with van der Waals surface area (Å²) >= 11 is 12.4. The van der Waals surface area contributed by atoms with E-state index in [4.69, 9.17) is 32.7 Å². The van der Waals surface area contributed by atoms with Crippen LogP contribution in [-0.2, 0) is 13.1 Å². The molecule has 2 heterocycles. The van der Waals surface area contributed by atoms with Crippen molar-refractivity contribution in [3.05, 3.63) is 92.2 Å². The molecule has 0 bridgehead atoms. The van der Waals surface area contributed by atoms with Gasteiger partial charge >= 0.3 is 0 Å². The Morgan fingerprint density at radius 2 is 1.85 bits per heavy atom. The average molecular weight is 495 g/mol. The summed E-state index contributed by atoms with van der Waals surface area (Å²) in [6.45, 7) is 3.50. The third kappa shape index (κ3) is 4.27. The molecule has 0 N–H and O–H groups in total. The number of rotatable bonds is 4. The fourth-order valence-corrected chi connectivity index (χ4v) is 4.76. The van der Waals surface area contributed by atoms with Gasteiger partial charge in [0.1, 0.15) is 18.2 Å². The third-order valence-electron chi connectivity index (χ3n) is 6.10. The molecule has 5 rings (SSSR count). The fraction of sp³-hybridized carbons (Fsp3) is 0.222. The molecule has 0 fully saturated rings. The second-order valence-corrected chi connectivity index (χ2v) is 9.64. The Hall–Kier alpha value is -2.99. The van der Waals surface area contributed by atoms with Crippen LogP contribution in [0.3, 0.4) is 0 Å². The summed E-state index contributed by atoms with van der Waals surface area (Å²) in [5.41, 5.74) is 5.28. The number of anilines is 1. The van der Waals surface area contributed by atoms with Crippen LogP contribution in [0.2, 0.25) is 10.0 Å². The normalized spacial score (nSPS) is 16.1. The number of hydrogen-bond donors (Lipinski definition) is 0. The van der Waals surface area contributed by atoms with Crippen LogP contribution < -0.4 is 14.4 Å². The highest BCUT2D eigenvalue weighted by Crippen LogP contribution is 2.44. The van der Waals surface area contributed by atoms with Crippen molar-refractivity contribution in [2.75, 3.05) is 25.7 Å². The molecule has 3 aromatic rings. The van der Waals surface area contributed by atoms with Crippen LogP contribution in [0.15, 0.2) is 54.3 Å². The molecule has 7 heteroatoms. The standard InChI is InChI=1S/C27H24Cl2N2O3/c1-16-10-23-21(14-31(15-33-23)13-18-6-7-19(28)12-22(18)29)27-25(16)26(32)24(34-27)11-17-4-8-20(9-5-17)30(2)3/h4-12H,13-15H2,1-3H3/b24-11-. The number of aryl methyl sites for hydroxylation is 1. The molecule has 0 spiro atoms. The molecule has 34 heavy (non-hydrogen) atoms. The number of benzene rings is 3. The maximum absolute atomic E-state index is 13.2. The van der Waals surface area contributed by atoms with Gasteiger partial charge in [-0.25, -0.2) is 0 Å². The number of nitrogens with zero attached hydrogens (tertiary/aromatic N) is 2. The SMILES string of the molecule is Cc1cc2c(c3c1C(=O)/C(=C/c1ccc(N(C)C)cc1)O3)CN(Cc1ccc(Cl)cc1Cl)CO2. The highest BCUT2D eigenvalue weighted by atomic mass is 35.5. The number of halogens is 2. The summed E-state index contributed by atoms with van der Waals surface area (Å²) in [6.07, 6.45) is 1.79. The van der Waals surface area contributed by atoms with Crippen LogP contribution in [0.4, 0.5) is 5.69 Å². The first-order chi connectivity index (χ1) is 16.3. The number of fused-ring (bicyclic) bond motifs is 3. The maximum atomic E-state index is 13.2. The lowest BCUT2D eigenvalue weighted by atomic mass is 9.98. The van der Waals surface area contributed by atoms with E-state index in [9.17, 15) is 4.79 Å². The smallest absolute Gasteiger partial charge is 0.232 e. The van der Waals surface area contributed by atoms with E-state index in [1.807, 2.05) is 68.4 Å². The van der Waals surface area contributed by atoms with Crippen LogP contribution in [-0.4, -0.2) is 31.5 Å². The molecule has 0 atom stereocenters. The molecule has 0 aromatic heterocycles. The lowest BCUT2D eigenvalue weighted by Gasteiger charge is -2.30. The summed E-state index contributed by atoms with van der Waals surface area (Å²) < 4.78 is 12.2. The first-order valence-electron chi connectivity index (χ1n) is 11.0. The number of carbonyl (C=O) groups excluding carboxylic acids is 1. The van der Waals surface area contributed by atoms with Crippen molar-refractivity contribution in [3.8, 4) is 11.5 Å². The fourth-order valence-electron chi connectivity index (χ4n) is 4.29. The van der Waals surface area contributed by atoms with Crippen LogP contribution in [0.1, 0.15) is 32.6 Å². The number of ether oxygens (including phenoxy) is 2. The van der Waals surface area contributed by atoms with Crippen LogP contribution in [0.5, 0.6) is 11.5 Å². The number of allylic oxidation sites excluding steroid dienone is 1. The van der Waals surface area contributed by atoms with Crippen molar-refractivity contribution >= 4 is 40.7 Å². The summed E-state index contributed by atoms with van der Waals surface area (Å²) in [7, 11) is 3.98. The van der Waals surface area contributed by atoms with Gasteiger partial charge in [-0.1, -0.05) is 41.4 Å². The molecule has 0 unspecified atom stereocenters. The van der Waals surface area contributed by atoms with Gasteiger partial charge in [-0.2, -0.15) is 0 Å². The number of ketones is 1. The topological polar surface area (TPSA) is 42.0 Å². The van der Waals surface area contributed by atoms with Gasteiger partial charge in [0.2, 0.25) is 5.78 Å². The Labute approximate surface area is 209 Å². The summed E-state index contributed by atoms with van der Waals surface area (Å²) in [4.78, 5) is 17.4. The quantitative estimate of drug-likeness (QED) is 0.396. The predicted octanol–water partition coefficient (Wildman–Crippen LogP) is 6.34. The van der Waals surface area contributed by atoms with Gasteiger partial charge in [0, 0.05) is 42.9 Å². The van der Waals surface area contributed by atoms with Crippen molar-refractivity contribution in [2.45, 2.75) is 20.0 Å². The molecular weight excluding hydrogens is 471 g/mol. The molecule has 0 amide bonds. The van der Waals surface area contributed by atoms with E-state index >= 15 is 0 Å². The van der Waals surface area contributed by atoms with Crippen LogP contribution >= 0.6 is 23.2 Å². The van der Waals surface area contributed by atoms with Gasteiger partial charge in [-0.05, 0) is 60.0 Å². The second kappa shape index (κ2) is 8.99. The van der Waals surface area contributed by atoms with Crippen molar-refractivity contribution in [1.82, 2.24) is 4.90 Å². The zero-order chi connectivity index (χ0) is 24.0. The Bertz CT molecular complexity index is 1320. The number of Topliss-reactive ketones (excluding diaryl/α,β-unsaturated/α-hetero) is 1. The predicted molar refractivity (Wildman–Crippen MR) is 136 cm³/mol. The van der Waals surface area contributed by atoms with Crippen LogP contribution in [0, 0.1) is 6.92 Å². The molecule has 0 saturated carbocycles. The Balaban J connectivity index is 1.43. The van der Waals surface area contributed by atoms with Gasteiger partial charge in [0.15, 0.2) is 5.76 Å². The zero-order valence-electron chi connectivity index (χ0n) is 19.2. The van der Waals surface area contributed by atoms with Gasteiger partial charge < -0.3 is 14.4 Å². The molecular formula is C27H24Cl2N2O3. The maximum Gasteiger partial charge on any atom is 0.232 e. The molecule has 0 aliphatic carbocycles. The molecule has 2 aliphatic rings. The van der Waals surface area contributed by atoms with E-state index in [0.717, 1.165) is 33.7 Å². The summed E-state index contributed by atoms with van der Waals surface area (Å²) in [5, 5.41) is 1.22. The Kier molecular flexibility index (Phi) is 6.02. The highest BCUT2D eigenvalue weighted by molar-refractivity contribution is 6.35. The van der Waals surface area contributed by atoms with Crippen molar-refractivity contribution < 1.29 is 14.3 Å². The summed E-state index contributed by atoms with van der Waals surface area (Å²) in [5.74, 6) is 1.55. The molecule has 5 nitrogen and oxygen atoms in total. The van der Waals surface area contributed by atoms with Gasteiger partial charge in [0.05, 0.1) is 11.1 Å². The van der Waals surface area contributed by atoms with Gasteiger partial charge in [-0.15, -0.1) is 0 Å². The van der Waals surface area contributed by atoms with Gasteiger partial charge in [-0.3, -0.25) is 9.69 Å². The summed E-state index contributed by atoms with van der Waals surface area (Å²) in [6, 6.07) is 15.4. The lowest BCUT2D eigenvalue weighted by molar-refractivity contribution is 0.0872. The first-order valence-corrected chi connectivity index (χ1v) is 11.7. The number of carbonyl (C=O) groups is 1. The average Bonchev–Trinajstić information content (AvgIpc) is 3.13. The van der Waals surface area contributed by atoms with Crippen molar-refractivity contribution in [2.24, 2.45) is 0 Å². The zero-order valence-corrected chi connectivity index (χ0v) is 20.7. The minimum absolute atomic E-state index is 0.107. The minimum Gasteiger partial charge on any atom is -0.478 e. The first kappa shape index (κ1) is 22.8. The number of hydrogen-bond acceptors (Lipinski definition) is 5. The van der Waals surface area contributed by atoms with Gasteiger partial charge in [0.25, 0.3) is 0 Å². The Morgan fingerprint density at radius 1 is 1.09 bits per heavy atom. The van der Waals surface area contributed by atoms with E-state index in [1.54, 1.807) is 12.1 Å². The van der Waals surface area contributed by atoms with E-state index in [2.05, 4.69) is 4.90 Å². The van der Waals surface area contributed by atoms with E-state index in [1.165, 1.54) is 0 Å². The minimum atomic E-state index is -0.107. The molecule has 3 aromatic carbocycles. The molecule has 0 saturated heterocycles. The van der Waals surface area contributed by atoms with Crippen molar-refractivity contribution in [1.29, 1.82) is 0 Å². The van der Waals surface area contributed by atoms with E-state index in [-0.39, 0.29) is 5.78 Å². The van der Waals surface area contributed by atoms with E-state index < -0.39 is 0 Å². The highest BCUT2D eigenvalue weighted by Gasteiger charge is 2.35. The monoisotopic (exact) mass is 494 g/mol.